The Kier molecular flexibility index (Phi) is 3.68. The van der Waals surface area contributed by atoms with Crippen molar-refractivity contribution in [2.45, 2.75) is 0 Å². The molecule has 22 heavy (non-hydrogen) atoms. The van der Waals surface area contributed by atoms with Crippen molar-refractivity contribution in [3.05, 3.63) is 24.5 Å². The SMILES string of the molecule is COc1ccc2nc(Nc3ncnc(N(C)C)c3N)sc2c1. The molecule has 3 rings (SSSR count). The monoisotopic (exact) mass is 316 g/mol. The average Bonchev–Trinajstić information content (AvgIpc) is 2.90. The number of nitrogens with one attached hydrogen (secondary N) is 1. The summed E-state index contributed by atoms with van der Waals surface area (Å²) in [7, 11) is 5.41. The van der Waals surface area contributed by atoms with Gasteiger partial charge in [0, 0.05) is 14.1 Å². The van der Waals surface area contributed by atoms with Crippen LogP contribution in [-0.2, 0) is 0 Å². The number of nitrogen functional groups attached to an aromatic ring is 1. The molecule has 2 heterocycles. The number of fused-ring (bicyclic) bond motifs is 1. The molecule has 7 nitrogen and oxygen atoms in total. The predicted octanol–water partition coefficient (Wildman–Crippen LogP) is 2.49. The summed E-state index contributed by atoms with van der Waals surface area (Å²) in [6.45, 7) is 0. The molecule has 0 aliphatic carbocycles. The second-order valence-electron chi connectivity index (χ2n) is 4.83. The number of nitrogens with zero attached hydrogens (tertiary/aromatic N) is 4. The lowest BCUT2D eigenvalue weighted by Crippen LogP contribution is -2.14. The van der Waals surface area contributed by atoms with E-state index in [2.05, 4.69) is 20.3 Å². The summed E-state index contributed by atoms with van der Waals surface area (Å²) in [5, 5.41) is 3.88. The maximum atomic E-state index is 6.10. The van der Waals surface area contributed by atoms with Crippen LogP contribution in [0.15, 0.2) is 24.5 Å². The van der Waals surface area contributed by atoms with E-state index in [1.165, 1.54) is 17.7 Å². The van der Waals surface area contributed by atoms with Crippen LogP contribution < -0.4 is 20.7 Å². The van der Waals surface area contributed by atoms with Gasteiger partial charge >= 0.3 is 0 Å². The molecule has 0 saturated carbocycles. The number of methoxy groups -OCH3 is 1. The van der Waals surface area contributed by atoms with Gasteiger partial charge in [0.1, 0.15) is 17.8 Å². The predicted molar refractivity (Wildman–Crippen MR) is 90.2 cm³/mol. The number of ether oxygens (including phenoxy) is 1. The van der Waals surface area contributed by atoms with Gasteiger partial charge in [0.05, 0.1) is 17.3 Å². The summed E-state index contributed by atoms with van der Waals surface area (Å²) in [5.41, 5.74) is 7.49. The molecule has 0 saturated heterocycles. The quantitative estimate of drug-likeness (QED) is 0.764. The van der Waals surface area contributed by atoms with Crippen molar-refractivity contribution in [3.8, 4) is 5.75 Å². The third-order valence-corrected chi connectivity index (χ3v) is 4.04. The lowest BCUT2D eigenvalue weighted by Gasteiger charge is -2.15. The molecule has 0 fully saturated rings. The van der Waals surface area contributed by atoms with Crippen LogP contribution in [-0.4, -0.2) is 36.2 Å². The van der Waals surface area contributed by atoms with Crippen molar-refractivity contribution in [1.29, 1.82) is 0 Å². The Morgan fingerprint density at radius 3 is 2.82 bits per heavy atom. The van der Waals surface area contributed by atoms with Gasteiger partial charge in [0.25, 0.3) is 0 Å². The number of hydrogen-bond donors (Lipinski definition) is 2. The Balaban J connectivity index is 1.95. The van der Waals surface area contributed by atoms with Gasteiger partial charge in [-0.25, -0.2) is 15.0 Å². The third-order valence-electron chi connectivity index (χ3n) is 3.11. The fourth-order valence-electron chi connectivity index (χ4n) is 2.03. The minimum Gasteiger partial charge on any atom is -0.497 e. The van der Waals surface area contributed by atoms with Gasteiger partial charge in [-0.2, -0.15) is 0 Å². The van der Waals surface area contributed by atoms with E-state index < -0.39 is 0 Å². The molecule has 1 aromatic carbocycles. The standard InChI is InChI=1S/C14H16N6OS/c1-20(2)13-11(15)12(16-7-17-13)19-14-18-9-5-4-8(21-3)6-10(9)22-14/h4-7H,15H2,1-3H3,(H,16,17,18,19). The smallest absolute Gasteiger partial charge is 0.189 e. The number of anilines is 4. The first-order valence-corrected chi connectivity index (χ1v) is 7.39. The highest BCUT2D eigenvalue weighted by Crippen LogP contribution is 2.33. The number of aromatic nitrogens is 3. The summed E-state index contributed by atoms with van der Waals surface area (Å²) >= 11 is 1.51. The third kappa shape index (κ3) is 2.60. The molecular formula is C14H16N6OS. The Labute approximate surface area is 131 Å². The highest BCUT2D eigenvalue weighted by molar-refractivity contribution is 7.22. The van der Waals surface area contributed by atoms with E-state index in [-0.39, 0.29) is 0 Å². The maximum absolute atomic E-state index is 6.10. The Bertz CT molecular complexity index is 816. The van der Waals surface area contributed by atoms with Crippen LogP contribution in [0.4, 0.5) is 22.5 Å². The number of rotatable bonds is 4. The van der Waals surface area contributed by atoms with Crippen molar-refractivity contribution < 1.29 is 4.74 Å². The van der Waals surface area contributed by atoms with Crippen LogP contribution in [0, 0.1) is 0 Å². The Morgan fingerprint density at radius 1 is 1.27 bits per heavy atom. The van der Waals surface area contributed by atoms with Crippen LogP contribution in [0.5, 0.6) is 5.75 Å². The van der Waals surface area contributed by atoms with Gasteiger partial charge in [-0.05, 0) is 18.2 Å². The lowest BCUT2D eigenvalue weighted by molar-refractivity contribution is 0.415. The molecule has 3 N–H and O–H groups in total. The van der Waals surface area contributed by atoms with Gasteiger partial charge < -0.3 is 20.7 Å². The van der Waals surface area contributed by atoms with E-state index in [0.717, 1.165) is 21.1 Å². The molecule has 2 aromatic heterocycles. The van der Waals surface area contributed by atoms with Crippen molar-refractivity contribution in [2.75, 3.05) is 37.2 Å². The van der Waals surface area contributed by atoms with Crippen molar-refractivity contribution >= 4 is 44.0 Å². The molecule has 0 aliphatic heterocycles. The Hall–Kier alpha value is -2.61. The van der Waals surface area contributed by atoms with Crippen LogP contribution in [0.1, 0.15) is 0 Å². The summed E-state index contributed by atoms with van der Waals surface area (Å²) in [6.07, 6.45) is 1.48. The van der Waals surface area contributed by atoms with Crippen molar-refractivity contribution in [2.24, 2.45) is 0 Å². The van der Waals surface area contributed by atoms with Crippen LogP contribution in [0.25, 0.3) is 10.2 Å². The summed E-state index contributed by atoms with van der Waals surface area (Å²) in [4.78, 5) is 14.7. The molecule has 0 radical (unpaired) electrons. The highest BCUT2D eigenvalue weighted by Gasteiger charge is 2.12. The van der Waals surface area contributed by atoms with Gasteiger partial charge in [0.15, 0.2) is 16.8 Å². The molecule has 0 spiro atoms. The first kappa shape index (κ1) is 14.3. The second-order valence-corrected chi connectivity index (χ2v) is 5.86. The zero-order valence-electron chi connectivity index (χ0n) is 12.5. The van der Waals surface area contributed by atoms with E-state index >= 15 is 0 Å². The molecule has 114 valence electrons. The zero-order chi connectivity index (χ0) is 15.7. The van der Waals surface area contributed by atoms with E-state index in [1.54, 1.807) is 7.11 Å². The molecule has 0 bridgehead atoms. The second kappa shape index (κ2) is 5.64. The van der Waals surface area contributed by atoms with E-state index in [0.29, 0.717) is 17.3 Å². The molecule has 8 heteroatoms. The van der Waals surface area contributed by atoms with Crippen LogP contribution >= 0.6 is 11.3 Å². The topological polar surface area (TPSA) is 89.2 Å². The first-order valence-electron chi connectivity index (χ1n) is 6.58. The fraction of sp³-hybridized carbons (Fsp3) is 0.214. The molecule has 0 unspecified atom stereocenters. The number of hydrogen-bond acceptors (Lipinski definition) is 8. The number of nitrogens with two attached hydrogens (primary N) is 1. The molecule has 0 aliphatic rings. The molecule has 3 aromatic rings. The van der Waals surface area contributed by atoms with Gasteiger partial charge in [-0.3, -0.25) is 0 Å². The minimum atomic E-state index is 0.490. The number of thiazole rings is 1. The number of benzene rings is 1. The fourth-order valence-corrected chi connectivity index (χ4v) is 2.92. The minimum absolute atomic E-state index is 0.490. The van der Waals surface area contributed by atoms with Crippen LogP contribution in [0.2, 0.25) is 0 Å². The van der Waals surface area contributed by atoms with E-state index in [9.17, 15) is 0 Å². The van der Waals surface area contributed by atoms with Gasteiger partial charge in [-0.1, -0.05) is 11.3 Å². The van der Waals surface area contributed by atoms with Crippen LogP contribution in [0.3, 0.4) is 0 Å². The average molecular weight is 316 g/mol. The largest absolute Gasteiger partial charge is 0.497 e. The van der Waals surface area contributed by atoms with E-state index in [4.69, 9.17) is 10.5 Å². The van der Waals surface area contributed by atoms with Crippen molar-refractivity contribution in [1.82, 2.24) is 15.0 Å². The first-order chi connectivity index (χ1) is 10.6. The summed E-state index contributed by atoms with van der Waals surface area (Å²) in [6, 6.07) is 5.76. The zero-order valence-corrected chi connectivity index (χ0v) is 13.3. The summed E-state index contributed by atoms with van der Waals surface area (Å²) < 4.78 is 6.25. The lowest BCUT2D eigenvalue weighted by atomic mass is 10.3. The van der Waals surface area contributed by atoms with Crippen molar-refractivity contribution in [3.63, 3.8) is 0 Å². The molecular weight excluding hydrogens is 300 g/mol. The normalized spacial score (nSPS) is 10.7. The highest BCUT2D eigenvalue weighted by atomic mass is 32.1. The molecule has 0 amide bonds. The van der Waals surface area contributed by atoms with Gasteiger partial charge in [0.2, 0.25) is 0 Å². The molecule has 0 atom stereocenters. The van der Waals surface area contributed by atoms with E-state index in [1.807, 2.05) is 37.2 Å². The maximum Gasteiger partial charge on any atom is 0.189 e. The Morgan fingerprint density at radius 2 is 2.09 bits per heavy atom. The van der Waals surface area contributed by atoms with Gasteiger partial charge in [-0.15, -0.1) is 0 Å². The summed E-state index contributed by atoms with van der Waals surface area (Å²) in [5.74, 6) is 2.02.